The van der Waals surface area contributed by atoms with Gasteiger partial charge in [0.1, 0.15) is 5.00 Å². The number of thiophene rings is 2. The maximum atomic E-state index is 12.9. The van der Waals surface area contributed by atoms with Crippen molar-refractivity contribution in [2.75, 3.05) is 17.7 Å². The predicted octanol–water partition coefficient (Wildman–Crippen LogP) is 6.39. The number of ether oxygens (including phenoxy) is 1. The first kappa shape index (κ1) is 25.9. The van der Waals surface area contributed by atoms with Crippen molar-refractivity contribution in [1.82, 2.24) is 14.8 Å². The average Bonchev–Trinajstić information content (AvgIpc) is 3.51. The monoisotopic (exact) mass is 532 g/mol. The van der Waals surface area contributed by atoms with Crippen molar-refractivity contribution >= 4 is 51.3 Å². The number of nitrogens with one attached hydrogen (secondary N) is 1. The minimum Gasteiger partial charge on any atom is -0.462 e. The normalized spacial score (nSPS) is 13.5. The summed E-state index contributed by atoms with van der Waals surface area (Å²) < 4.78 is 7.37. The molecule has 1 aliphatic carbocycles. The van der Waals surface area contributed by atoms with Crippen LogP contribution in [-0.4, -0.2) is 39.0 Å². The first-order valence-corrected chi connectivity index (χ1v) is 14.9. The minimum absolute atomic E-state index is 0.165. The fraction of sp³-hybridized carbons (Fsp3) is 0.520. The molecule has 0 aromatic carbocycles. The maximum Gasteiger partial charge on any atom is 0.341 e. The van der Waals surface area contributed by atoms with E-state index in [1.165, 1.54) is 32.9 Å². The van der Waals surface area contributed by atoms with E-state index < -0.39 is 0 Å². The van der Waals surface area contributed by atoms with Crippen molar-refractivity contribution in [1.29, 1.82) is 0 Å². The van der Waals surface area contributed by atoms with E-state index in [1.54, 1.807) is 18.3 Å². The molecule has 0 saturated carbocycles. The Bertz CT molecular complexity index is 1190. The van der Waals surface area contributed by atoms with Gasteiger partial charge in [-0.15, -0.1) is 32.9 Å². The molecule has 3 heterocycles. The van der Waals surface area contributed by atoms with Gasteiger partial charge in [-0.05, 0) is 57.1 Å². The van der Waals surface area contributed by atoms with Gasteiger partial charge in [0.25, 0.3) is 0 Å². The number of rotatable bonds is 9. The van der Waals surface area contributed by atoms with Crippen molar-refractivity contribution in [3.63, 3.8) is 0 Å². The van der Waals surface area contributed by atoms with E-state index in [-0.39, 0.29) is 17.6 Å². The van der Waals surface area contributed by atoms with Crippen LogP contribution >= 0.6 is 34.4 Å². The quantitative estimate of drug-likeness (QED) is 0.195. The van der Waals surface area contributed by atoms with Crippen LogP contribution in [0.4, 0.5) is 5.00 Å². The number of fused-ring (bicyclic) bond motifs is 1. The molecule has 10 heteroatoms. The molecule has 1 N–H and O–H groups in total. The van der Waals surface area contributed by atoms with Gasteiger partial charge >= 0.3 is 5.97 Å². The van der Waals surface area contributed by atoms with E-state index in [9.17, 15) is 9.59 Å². The number of anilines is 1. The van der Waals surface area contributed by atoms with Crippen LogP contribution in [0.1, 0.15) is 78.6 Å². The molecule has 0 bridgehead atoms. The molecule has 3 aromatic heterocycles. The summed E-state index contributed by atoms with van der Waals surface area (Å²) in [6.07, 6.45) is 5.12. The Morgan fingerprint density at radius 1 is 1.20 bits per heavy atom. The number of aryl methyl sites for hydroxylation is 1. The summed E-state index contributed by atoms with van der Waals surface area (Å²) in [4.78, 5) is 28.2. The molecule has 0 atom stereocenters. The molecule has 0 saturated heterocycles. The van der Waals surface area contributed by atoms with Crippen LogP contribution in [0.15, 0.2) is 16.6 Å². The Balaban J connectivity index is 1.48. The van der Waals surface area contributed by atoms with Crippen LogP contribution in [0.5, 0.6) is 0 Å². The lowest BCUT2D eigenvalue weighted by atomic mass is 10.1. The summed E-state index contributed by atoms with van der Waals surface area (Å²) >= 11 is 4.61. The molecule has 188 valence electrons. The number of esters is 1. The molecular weight excluding hydrogens is 501 g/mol. The van der Waals surface area contributed by atoms with Crippen LogP contribution in [-0.2, 0) is 28.9 Å². The molecule has 1 aliphatic rings. The first-order chi connectivity index (χ1) is 16.9. The molecular formula is C25H32N4O3S3. The summed E-state index contributed by atoms with van der Waals surface area (Å²) in [5, 5.41) is 15.2. The lowest BCUT2D eigenvalue weighted by Gasteiger charge is -2.09. The van der Waals surface area contributed by atoms with Crippen molar-refractivity contribution in [2.45, 2.75) is 77.4 Å². The number of nitrogens with zero attached hydrogens (tertiary/aromatic N) is 3. The predicted molar refractivity (Wildman–Crippen MR) is 144 cm³/mol. The minimum atomic E-state index is -0.346. The largest absolute Gasteiger partial charge is 0.462 e. The number of hydrogen-bond donors (Lipinski definition) is 1. The zero-order valence-corrected chi connectivity index (χ0v) is 23.1. The molecule has 3 aromatic rings. The van der Waals surface area contributed by atoms with E-state index in [1.807, 2.05) is 4.57 Å². The summed E-state index contributed by atoms with van der Waals surface area (Å²) in [6.45, 7) is 9.24. The van der Waals surface area contributed by atoms with Crippen molar-refractivity contribution in [3.8, 4) is 11.4 Å². The zero-order valence-electron chi connectivity index (χ0n) is 20.7. The second kappa shape index (κ2) is 11.7. The second-order valence-electron chi connectivity index (χ2n) is 8.77. The van der Waals surface area contributed by atoms with E-state index >= 15 is 0 Å². The average molecular weight is 533 g/mol. The molecule has 0 spiro atoms. The van der Waals surface area contributed by atoms with Crippen LogP contribution in [0.3, 0.4) is 0 Å². The highest BCUT2D eigenvalue weighted by Crippen LogP contribution is 2.38. The highest BCUT2D eigenvalue weighted by molar-refractivity contribution is 7.99. The molecule has 4 rings (SSSR count). The van der Waals surface area contributed by atoms with Gasteiger partial charge in [0.05, 0.1) is 17.9 Å². The molecule has 7 nitrogen and oxygen atoms in total. The van der Waals surface area contributed by atoms with Gasteiger partial charge in [0, 0.05) is 27.2 Å². The first-order valence-electron chi connectivity index (χ1n) is 12.2. The lowest BCUT2D eigenvalue weighted by molar-refractivity contribution is -0.113. The zero-order chi connectivity index (χ0) is 24.9. The molecule has 0 aliphatic heterocycles. The third kappa shape index (κ3) is 5.81. The van der Waals surface area contributed by atoms with Gasteiger partial charge in [0.2, 0.25) is 5.91 Å². The third-order valence-corrected chi connectivity index (χ3v) is 9.37. The Morgan fingerprint density at radius 3 is 2.71 bits per heavy atom. The number of amides is 1. The highest BCUT2D eigenvalue weighted by Gasteiger charge is 2.27. The number of carbonyl (C=O) groups excluding carboxylic acids is 2. The lowest BCUT2D eigenvalue weighted by Crippen LogP contribution is -2.17. The Hall–Kier alpha value is -2.17. The number of hydrogen-bond acceptors (Lipinski definition) is 8. The number of aromatic nitrogens is 3. The highest BCUT2D eigenvalue weighted by atomic mass is 32.2. The van der Waals surface area contributed by atoms with Crippen molar-refractivity contribution < 1.29 is 14.3 Å². The summed E-state index contributed by atoms with van der Waals surface area (Å²) in [5.74, 6) is 0.967. The van der Waals surface area contributed by atoms with Gasteiger partial charge < -0.3 is 14.6 Å². The van der Waals surface area contributed by atoms with E-state index in [4.69, 9.17) is 4.74 Å². The van der Waals surface area contributed by atoms with Crippen LogP contribution in [0.25, 0.3) is 11.4 Å². The Labute approximate surface area is 218 Å². The van der Waals surface area contributed by atoms with Crippen molar-refractivity contribution in [3.05, 3.63) is 32.3 Å². The molecule has 0 unspecified atom stereocenters. The third-order valence-electron chi connectivity index (χ3n) is 5.97. The van der Waals surface area contributed by atoms with E-state index in [0.717, 1.165) is 49.1 Å². The van der Waals surface area contributed by atoms with Gasteiger partial charge in [-0.3, -0.25) is 4.79 Å². The molecule has 35 heavy (non-hydrogen) atoms. The van der Waals surface area contributed by atoms with Gasteiger partial charge in [0.15, 0.2) is 11.0 Å². The molecule has 1 amide bonds. The van der Waals surface area contributed by atoms with Crippen molar-refractivity contribution in [2.24, 2.45) is 0 Å². The SMILES string of the molecule is CCOC(=O)c1c(NC(=O)CSc2nnc(-c3csc(C(C)C)c3)n2CC)sc2c1CCCCC2. The smallest absolute Gasteiger partial charge is 0.341 e. The van der Waals surface area contributed by atoms with Gasteiger partial charge in [-0.1, -0.05) is 32.0 Å². The van der Waals surface area contributed by atoms with Crippen LogP contribution in [0.2, 0.25) is 0 Å². The van der Waals surface area contributed by atoms with E-state index in [0.29, 0.717) is 34.8 Å². The molecule has 0 radical (unpaired) electrons. The summed E-state index contributed by atoms with van der Waals surface area (Å²) in [7, 11) is 0. The Kier molecular flexibility index (Phi) is 8.67. The van der Waals surface area contributed by atoms with Crippen LogP contribution < -0.4 is 5.32 Å². The topological polar surface area (TPSA) is 86.1 Å². The van der Waals surface area contributed by atoms with Gasteiger partial charge in [-0.25, -0.2) is 4.79 Å². The number of carbonyl (C=O) groups is 2. The standard InChI is InChI=1S/C25H32N4O3S3/c1-5-29-22(16-12-19(15(3)4)33-13-16)27-28-25(29)34-14-20(30)26-23-21(24(31)32-6-2)17-10-8-7-9-11-18(17)35-23/h12-13,15H,5-11,14H2,1-4H3,(H,26,30). The fourth-order valence-corrected chi connectivity index (χ4v) is 7.21. The maximum absolute atomic E-state index is 12.9. The Morgan fingerprint density at radius 2 is 2.00 bits per heavy atom. The molecule has 0 fully saturated rings. The van der Waals surface area contributed by atoms with Gasteiger partial charge in [-0.2, -0.15) is 0 Å². The summed E-state index contributed by atoms with van der Waals surface area (Å²) in [6, 6.07) is 2.17. The second-order valence-corrected chi connectivity index (χ2v) is 11.8. The summed E-state index contributed by atoms with van der Waals surface area (Å²) in [5.41, 5.74) is 2.66. The number of thioether (sulfide) groups is 1. The van der Waals surface area contributed by atoms with E-state index in [2.05, 4.69) is 47.7 Å². The fourth-order valence-electron chi connectivity index (χ4n) is 4.21. The van der Waals surface area contributed by atoms with Crippen LogP contribution in [0, 0.1) is 0 Å².